The molecule has 0 aliphatic carbocycles. The lowest BCUT2D eigenvalue weighted by Crippen LogP contribution is -2.32. The quantitative estimate of drug-likeness (QED) is 0.530. The van der Waals surface area contributed by atoms with E-state index in [1.54, 1.807) is 0 Å². The van der Waals surface area contributed by atoms with Crippen molar-refractivity contribution in [3.63, 3.8) is 0 Å². The van der Waals surface area contributed by atoms with Gasteiger partial charge in [0.2, 0.25) is 0 Å². The lowest BCUT2D eigenvalue weighted by Gasteiger charge is -2.31. The molecule has 15 heavy (non-hydrogen) atoms. The van der Waals surface area contributed by atoms with Gasteiger partial charge in [0, 0.05) is 0 Å². The van der Waals surface area contributed by atoms with Crippen molar-refractivity contribution < 1.29 is 14.3 Å². The van der Waals surface area contributed by atoms with Gasteiger partial charge in [-0.05, 0) is 25.7 Å². The Kier molecular flexibility index (Phi) is 4.82. The number of hydrogen-bond acceptors (Lipinski definition) is 3. The van der Waals surface area contributed by atoms with Crippen molar-refractivity contribution >= 4 is 5.97 Å². The summed E-state index contributed by atoms with van der Waals surface area (Å²) in [6.45, 7) is 8.16. The molecule has 0 N–H and O–H groups in total. The molecule has 1 saturated heterocycles. The fourth-order valence-electron chi connectivity index (χ4n) is 1.99. The Morgan fingerprint density at radius 1 is 1.60 bits per heavy atom. The van der Waals surface area contributed by atoms with Crippen LogP contribution in [0.5, 0.6) is 0 Å². The largest absolute Gasteiger partial charge is 0.466 e. The van der Waals surface area contributed by atoms with Crippen LogP contribution in [-0.4, -0.2) is 24.8 Å². The summed E-state index contributed by atoms with van der Waals surface area (Å²) >= 11 is 0. The molecule has 0 unspecified atom stereocenters. The van der Waals surface area contributed by atoms with Gasteiger partial charge in [0.1, 0.15) is 0 Å². The molecule has 0 bridgehead atoms. The van der Waals surface area contributed by atoms with E-state index in [4.69, 9.17) is 9.47 Å². The van der Waals surface area contributed by atoms with Crippen molar-refractivity contribution in [3.05, 3.63) is 12.7 Å². The van der Waals surface area contributed by atoms with Crippen LogP contribution >= 0.6 is 0 Å². The summed E-state index contributed by atoms with van der Waals surface area (Å²) < 4.78 is 10.6. The molecule has 0 spiro atoms. The second-order valence-electron chi connectivity index (χ2n) is 4.12. The Balaban J connectivity index is 2.40. The first-order valence-corrected chi connectivity index (χ1v) is 5.59. The van der Waals surface area contributed by atoms with E-state index >= 15 is 0 Å². The third-order valence-electron chi connectivity index (χ3n) is 2.63. The third kappa shape index (κ3) is 4.04. The maximum atomic E-state index is 11.3. The number of esters is 1. The maximum Gasteiger partial charge on any atom is 0.308 e. The summed E-state index contributed by atoms with van der Waals surface area (Å²) in [7, 11) is 0. The van der Waals surface area contributed by atoms with Gasteiger partial charge in [0.15, 0.2) is 0 Å². The Morgan fingerprint density at radius 3 is 2.93 bits per heavy atom. The summed E-state index contributed by atoms with van der Waals surface area (Å²) in [6.07, 6.45) is 4.20. The van der Waals surface area contributed by atoms with E-state index in [0.29, 0.717) is 18.9 Å². The van der Waals surface area contributed by atoms with E-state index in [1.807, 2.05) is 13.0 Å². The molecule has 0 aromatic carbocycles. The summed E-state index contributed by atoms with van der Waals surface area (Å²) in [4.78, 5) is 11.3. The molecule has 0 aromatic rings. The van der Waals surface area contributed by atoms with Crippen molar-refractivity contribution in [2.75, 3.05) is 6.61 Å². The van der Waals surface area contributed by atoms with E-state index < -0.39 is 0 Å². The highest BCUT2D eigenvalue weighted by molar-refractivity contribution is 5.69. The predicted molar refractivity (Wildman–Crippen MR) is 58.5 cm³/mol. The van der Waals surface area contributed by atoms with E-state index in [-0.39, 0.29) is 18.2 Å². The van der Waals surface area contributed by atoms with Gasteiger partial charge in [-0.1, -0.05) is 13.0 Å². The van der Waals surface area contributed by atoms with Crippen LogP contribution in [0.4, 0.5) is 0 Å². The third-order valence-corrected chi connectivity index (χ3v) is 2.63. The van der Waals surface area contributed by atoms with Gasteiger partial charge in [0.25, 0.3) is 0 Å². The molecule has 0 aromatic heterocycles. The van der Waals surface area contributed by atoms with Gasteiger partial charge < -0.3 is 9.47 Å². The number of hydrogen-bond donors (Lipinski definition) is 0. The molecule has 1 rings (SSSR count). The maximum absolute atomic E-state index is 11.3. The number of carbonyl (C=O) groups excluding carboxylic acids is 1. The zero-order chi connectivity index (χ0) is 11.3. The summed E-state index contributed by atoms with van der Waals surface area (Å²) in [5.74, 6) is 0.417. The van der Waals surface area contributed by atoms with Crippen molar-refractivity contribution in [3.8, 4) is 0 Å². The van der Waals surface area contributed by atoms with Crippen LogP contribution < -0.4 is 0 Å². The molecule has 86 valence electrons. The van der Waals surface area contributed by atoms with Gasteiger partial charge in [0.05, 0.1) is 25.2 Å². The van der Waals surface area contributed by atoms with Crippen LogP contribution in [0.15, 0.2) is 12.7 Å². The summed E-state index contributed by atoms with van der Waals surface area (Å²) in [5.41, 5.74) is 0. The topological polar surface area (TPSA) is 35.5 Å². The molecule has 3 heteroatoms. The molecule has 0 amide bonds. The Hall–Kier alpha value is -0.830. The highest BCUT2D eigenvalue weighted by Crippen LogP contribution is 2.26. The molecule has 3 atom stereocenters. The highest BCUT2D eigenvalue weighted by atomic mass is 16.5. The van der Waals surface area contributed by atoms with Gasteiger partial charge >= 0.3 is 5.97 Å². The number of carbonyl (C=O) groups is 1. The minimum atomic E-state index is -0.167. The number of ether oxygens (including phenoxy) is 2. The normalized spacial score (nSPS) is 30.9. The molecule has 1 heterocycles. The Labute approximate surface area is 91.4 Å². The summed E-state index contributed by atoms with van der Waals surface area (Å²) in [6, 6.07) is 0. The van der Waals surface area contributed by atoms with E-state index in [1.165, 1.54) is 0 Å². The van der Waals surface area contributed by atoms with Crippen LogP contribution in [-0.2, 0) is 14.3 Å². The molecule has 0 saturated carbocycles. The van der Waals surface area contributed by atoms with Crippen molar-refractivity contribution in [1.82, 2.24) is 0 Å². The molecule has 1 aliphatic rings. The highest BCUT2D eigenvalue weighted by Gasteiger charge is 2.27. The first kappa shape index (κ1) is 12.2. The monoisotopic (exact) mass is 212 g/mol. The smallest absolute Gasteiger partial charge is 0.308 e. The van der Waals surface area contributed by atoms with E-state index in [0.717, 1.165) is 12.8 Å². The van der Waals surface area contributed by atoms with Crippen LogP contribution in [0.25, 0.3) is 0 Å². The van der Waals surface area contributed by atoms with Crippen molar-refractivity contribution in [2.45, 2.75) is 45.3 Å². The van der Waals surface area contributed by atoms with Crippen LogP contribution in [0, 0.1) is 5.92 Å². The lowest BCUT2D eigenvalue weighted by atomic mass is 9.92. The molecule has 3 nitrogen and oxygen atoms in total. The second-order valence-corrected chi connectivity index (χ2v) is 4.12. The van der Waals surface area contributed by atoms with Crippen LogP contribution in [0.3, 0.4) is 0 Å². The zero-order valence-corrected chi connectivity index (χ0v) is 9.57. The fourth-order valence-corrected chi connectivity index (χ4v) is 1.99. The van der Waals surface area contributed by atoms with Gasteiger partial charge in [-0.15, -0.1) is 6.58 Å². The van der Waals surface area contributed by atoms with Crippen molar-refractivity contribution in [2.24, 2.45) is 5.92 Å². The molecule has 1 fully saturated rings. The first-order valence-electron chi connectivity index (χ1n) is 5.59. The molecular formula is C12H20O3. The fraction of sp³-hybridized carbons (Fsp3) is 0.750. The minimum Gasteiger partial charge on any atom is -0.466 e. The average molecular weight is 212 g/mol. The molecular weight excluding hydrogens is 192 g/mol. The Bertz CT molecular complexity index is 225. The second kappa shape index (κ2) is 5.91. The molecule has 0 radical (unpaired) electrons. The van der Waals surface area contributed by atoms with E-state index in [2.05, 4.69) is 13.5 Å². The van der Waals surface area contributed by atoms with Crippen LogP contribution in [0.2, 0.25) is 0 Å². The first-order chi connectivity index (χ1) is 7.15. The summed E-state index contributed by atoms with van der Waals surface area (Å²) in [5, 5.41) is 0. The lowest BCUT2D eigenvalue weighted by molar-refractivity contribution is -0.149. The van der Waals surface area contributed by atoms with Gasteiger partial charge in [-0.25, -0.2) is 0 Å². The van der Waals surface area contributed by atoms with Gasteiger partial charge in [-0.3, -0.25) is 4.79 Å². The SMILES string of the molecule is C=C[C@H]1C[C@@H](C)C[C@@H](CC(=O)OCC)O1. The van der Waals surface area contributed by atoms with Gasteiger partial charge in [-0.2, -0.15) is 0 Å². The Morgan fingerprint density at radius 2 is 2.33 bits per heavy atom. The standard InChI is InChI=1S/C12H20O3/c1-4-10-6-9(3)7-11(15-10)8-12(13)14-5-2/h4,9-11H,1,5-8H2,2-3H3/t9-,10+,11+/m1/s1. The zero-order valence-electron chi connectivity index (χ0n) is 9.57. The minimum absolute atomic E-state index is 0.00389. The van der Waals surface area contributed by atoms with Crippen molar-refractivity contribution in [1.29, 1.82) is 0 Å². The predicted octanol–water partition coefficient (Wildman–Crippen LogP) is 2.31. The van der Waals surface area contributed by atoms with E-state index in [9.17, 15) is 4.79 Å². The molecule has 1 aliphatic heterocycles. The average Bonchev–Trinajstić information content (AvgIpc) is 2.17. The van der Waals surface area contributed by atoms with Crippen LogP contribution in [0.1, 0.15) is 33.1 Å². The number of rotatable bonds is 4.